The van der Waals surface area contributed by atoms with E-state index in [2.05, 4.69) is 0 Å². The molecule has 1 aromatic rings. The van der Waals surface area contributed by atoms with Crippen LogP contribution in [0.25, 0.3) is 0 Å². The van der Waals surface area contributed by atoms with Crippen LogP contribution in [0.1, 0.15) is 12.5 Å². The Kier molecular flexibility index (Phi) is 5.52. The number of nitrogen functional groups attached to an aromatic ring is 1. The fourth-order valence-electron chi connectivity index (χ4n) is 1.65. The molecular weight excluding hydrogens is 278 g/mol. The standard InChI is InChI=1S/C13H21N3O3S/c1-4-16(9-13(17)15(2)3)20(18,19)10-11-7-5-6-8-12(11)14/h5-8H,4,9-10,14H2,1-3H3. The Morgan fingerprint density at radius 3 is 2.35 bits per heavy atom. The number of carbonyl (C=O) groups is 1. The van der Waals surface area contributed by atoms with Crippen LogP contribution in [0.5, 0.6) is 0 Å². The van der Waals surface area contributed by atoms with E-state index in [1.54, 1.807) is 45.3 Å². The van der Waals surface area contributed by atoms with Crippen LogP contribution in [-0.2, 0) is 20.6 Å². The lowest BCUT2D eigenvalue weighted by atomic mass is 10.2. The van der Waals surface area contributed by atoms with Crippen LogP contribution in [0, 0.1) is 0 Å². The molecule has 2 N–H and O–H groups in total. The van der Waals surface area contributed by atoms with Crippen LogP contribution in [0.4, 0.5) is 5.69 Å². The first kappa shape index (κ1) is 16.5. The van der Waals surface area contributed by atoms with Crippen LogP contribution >= 0.6 is 0 Å². The van der Waals surface area contributed by atoms with Crippen LogP contribution in [0.15, 0.2) is 24.3 Å². The monoisotopic (exact) mass is 299 g/mol. The third-order valence-corrected chi connectivity index (χ3v) is 4.80. The molecule has 0 aliphatic heterocycles. The summed E-state index contributed by atoms with van der Waals surface area (Å²) < 4.78 is 25.9. The zero-order valence-corrected chi connectivity index (χ0v) is 12.9. The molecule has 0 atom stereocenters. The number of rotatable bonds is 6. The Morgan fingerprint density at radius 2 is 1.85 bits per heavy atom. The molecule has 0 unspecified atom stereocenters. The molecule has 0 spiro atoms. The average Bonchev–Trinajstić information content (AvgIpc) is 2.37. The first-order valence-electron chi connectivity index (χ1n) is 6.29. The highest BCUT2D eigenvalue weighted by Gasteiger charge is 2.24. The molecule has 7 heteroatoms. The van der Waals surface area contributed by atoms with Gasteiger partial charge < -0.3 is 10.6 Å². The summed E-state index contributed by atoms with van der Waals surface area (Å²) >= 11 is 0. The van der Waals surface area contributed by atoms with Gasteiger partial charge in [0.1, 0.15) is 0 Å². The number of benzene rings is 1. The van der Waals surface area contributed by atoms with Crippen LogP contribution in [-0.4, -0.2) is 50.7 Å². The van der Waals surface area contributed by atoms with E-state index in [0.29, 0.717) is 11.3 Å². The summed E-state index contributed by atoms with van der Waals surface area (Å²) in [5.41, 5.74) is 6.74. The lowest BCUT2D eigenvalue weighted by Crippen LogP contribution is -2.40. The van der Waals surface area contributed by atoms with Crippen molar-refractivity contribution in [3.63, 3.8) is 0 Å². The molecule has 112 valence electrons. The second-order valence-electron chi connectivity index (χ2n) is 4.67. The number of nitrogens with zero attached hydrogens (tertiary/aromatic N) is 2. The highest BCUT2D eigenvalue weighted by Crippen LogP contribution is 2.16. The molecule has 0 radical (unpaired) electrons. The fraction of sp³-hybridized carbons (Fsp3) is 0.462. The topological polar surface area (TPSA) is 83.7 Å². The van der Waals surface area contributed by atoms with Gasteiger partial charge in [0.15, 0.2) is 0 Å². The molecular formula is C13H21N3O3S. The SMILES string of the molecule is CCN(CC(=O)N(C)C)S(=O)(=O)Cc1ccccc1N. The number of hydrogen-bond donors (Lipinski definition) is 1. The molecule has 1 aromatic carbocycles. The second-order valence-corrected chi connectivity index (χ2v) is 6.64. The third kappa shape index (κ3) is 4.21. The average molecular weight is 299 g/mol. The Morgan fingerprint density at radius 1 is 1.25 bits per heavy atom. The van der Waals surface area contributed by atoms with Crippen LogP contribution < -0.4 is 5.73 Å². The van der Waals surface area contributed by atoms with Crippen molar-refractivity contribution in [3.8, 4) is 0 Å². The quantitative estimate of drug-likeness (QED) is 0.776. The maximum atomic E-state index is 12.3. The minimum absolute atomic E-state index is 0.154. The highest BCUT2D eigenvalue weighted by atomic mass is 32.2. The van der Waals surface area contributed by atoms with E-state index in [-0.39, 0.29) is 24.7 Å². The predicted molar refractivity (Wildman–Crippen MR) is 79.4 cm³/mol. The molecule has 0 saturated carbocycles. The molecule has 0 fully saturated rings. The van der Waals surface area contributed by atoms with E-state index in [0.717, 1.165) is 0 Å². The smallest absolute Gasteiger partial charge is 0.237 e. The van der Waals surface area contributed by atoms with E-state index in [9.17, 15) is 13.2 Å². The Hall–Kier alpha value is -1.60. The molecule has 20 heavy (non-hydrogen) atoms. The number of likely N-dealkylation sites (N-methyl/N-ethyl adjacent to an activating group) is 2. The summed E-state index contributed by atoms with van der Waals surface area (Å²) in [6, 6.07) is 6.82. The van der Waals surface area contributed by atoms with Gasteiger partial charge in [-0.3, -0.25) is 4.79 Å². The molecule has 0 aliphatic carbocycles. The van der Waals surface area contributed by atoms with Gasteiger partial charge in [0, 0.05) is 26.3 Å². The second kappa shape index (κ2) is 6.71. The van der Waals surface area contributed by atoms with Crippen LogP contribution in [0.2, 0.25) is 0 Å². The molecule has 0 aliphatic rings. The Labute approximate surface area is 120 Å². The number of carbonyl (C=O) groups excluding carboxylic acids is 1. The van der Waals surface area contributed by atoms with Crippen molar-refractivity contribution in [2.45, 2.75) is 12.7 Å². The third-order valence-electron chi connectivity index (χ3n) is 2.95. The van der Waals surface area contributed by atoms with E-state index < -0.39 is 10.0 Å². The lowest BCUT2D eigenvalue weighted by Gasteiger charge is -2.22. The molecule has 0 saturated heterocycles. The van der Waals surface area contributed by atoms with E-state index >= 15 is 0 Å². The summed E-state index contributed by atoms with van der Waals surface area (Å²) in [5.74, 6) is -0.453. The van der Waals surface area contributed by atoms with Gasteiger partial charge in [-0.25, -0.2) is 8.42 Å². The molecule has 6 nitrogen and oxygen atoms in total. The van der Waals surface area contributed by atoms with E-state index in [1.807, 2.05) is 0 Å². The van der Waals surface area contributed by atoms with Crippen molar-refractivity contribution < 1.29 is 13.2 Å². The normalized spacial score (nSPS) is 11.6. The highest BCUT2D eigenvalue weighted by molar-refractivity contribution is 7.88. The number of para-hydroxylation sites is 1. The zero-order valence-electron chi connectivity index (χ0n) is 12.0. The van der Waals surface area contributed by atoms with Crippen molar-refractivity contribution in [2.75, 3.05) is 32.9 Å². The minimum atomic E-state index is -3.57. The lowest BCUT2D eigenvalue weighted by molar-refractivity contribution is -0.128. The van der Waals surface area contributed by atoms with Gasteiger partial charge in [0.05, 0.1) is 12.3 Å². The van der Waals surface area contributed by atoms with Crippen molar-refractivity contribution >= 4 is 21.6 Å². The van der Waals surface area contributed by atoms with Crippen molar-refractivity contribution in [1.29, 1.82) is 0 Å². The molecule has 0 aromatic heterocycles. The van der Waals surface area contributed by atoms with Gasteiger partial charge >= 0.3 is 0 Å². The summed E-state index contributed by atoms with van der Waals surface area (Å²) in [4.78, 5) is 13.0. The van der Waals surface area contributed by atoms with E-state index in [1.165, 1.54) is 9.21 Å². The summed E-state index contributed by atoms with van der Waals surface area (Å²) in [6.45, 7) is 1.79. The van der Waals surface area contributed by atoms with E-state index in [4.69, 9.17) is 5.73 Å². The minimum Gasteiger partial charge on any atom is -0.398 e. The molecule has 0 bridgehead atoms. The fourth-order valence-corrected chi connectivity index (χ4v) is 3.19. The zero-order chi connectivity index (χ0) is 15.3. The van der Waals surface area contributed by atoms with Gasteiger partial charge in [-0.05, 0) is 11.6 Å². The molecule has 1 rings (SSSR count). The number of nitrogens with two attached hydrogens (primary N) is 1. The van der Waals surface area contributed by atoms with Gasteiger partial charge in [-0.1, -0.05) is 25.1 Å². The molecule has 0 heterocycles. The number of sulfonamides is 1. The van der Waals surface area contributed by atoms with Crippen molar-refractivity contribution in [1.82, 2.24) is 9.21 Å². The maximum Gasteiger partial charge on any atom is 0.237 e. The summed E-state index contributed by atoms with van der Waals surface area (Å²) in [7, 11) is -0.380. The first-order valence-corrected chi connectivity index (χ1v) is 7.90. The van der Waals surface area contributed by atoms with Crippen molar-refractivity contribution in [3.05, 3.63) is 29.8 Å². The first-order chi connectivity index (χ1) is 9.27. The van der Waals surface area contributed by atoms with Gasteiger partial charge in [-0.15, -0.1) is 0 Å². The Bertz CT molecular complexity index is 570. The Balaban J connectivity index is 2.91. The number of hydrogen-bond acceptors (Lipinski definition) is 4. The van der Waals surface area contributed by atoms with Gasteiger partial charge in [0.25, 0.3) is 0 Å². The van der Waals surface area contributed by atoms with Crippen molar-refractivity contribution in [2.24, 2.45) is 0 Å². The number of anilines is 1. The molecule has 1 amide bonds. The summed E-state index contributed by atoms with van der Waals surface area (Å²) in [5, 5.41) is 0. The predicted octanol–water partition coefficient (Wildman–Crippen LogP) is 0.509. The maximum absolute atomic E-state index is 12.3. The van der Waals surface area contributed by atoms with Crippen LogP contribution in [0.3, 0.4) is 0 Å². The van der Waals surface area contributed by atoms with Gasteiger partial charge in [-0.2, -0.15) is 4.31 Å². The summed E-state index contributed by atoms with van der Waals surface area (Å²) in [6.07, 6.45) is 0. The number of amides is 1. The largest absolute Gasteiger partial charge is 0.398 e. The van der Waals surface area contributed by atoms with Gasteiger partial charge in [0.2, 0.25) is 15.9 Å².